The van der Waals surface area contributed by atoms with Crippen LogP contribution in [0.4, 0.5) is 13.2 Å². The van der Waals surface area contributed by atoms with Gasteiger partial charge in [0, 0.05) is 17.4 Å². The molecule has 10 nitrogen and oxygen atoms in total. The van der Waals surface area contributed by atoms with E-state index >= 15 is 0 Å². The average molecular weight is 604 g/mol. The number of alkyl halides is 3. The molecule has 0 fully saturated rings. The van der Waals surface area contributed by atoms with Crippen LogP contribution in [-0.2, 0) is 21.2 Å². The minimum absolute atomic E-state index is 0.127. The highest BCUT2D eigenvalue weighted by molar-refractivity contribution is 7.90. The Bertz CT molecular complexity index is 1680. The number of hydrogen-bond acceptors (Lipinski definition) is 7. The second kappa shape index (κ2) is 12.0. The van der Waals surface area contributed by atoms with Gasteiger partial charge in [-0.15, -0.1) is 13.2 Å². The number of benzene rings is 3. The summed E-state index contributed by atoms with van der Waals surface area (Å²) in [6.45, 7) is -0.255. The lowest BCUT2D eigenvalue weighted by Crippen LogP contribution is -2.36. The van der Waals surface area contributed by atoms with Crippen LogP contribution in [-0.4, -0.2) is 65.6 Å². The third-order valence-corrected chi connectivity index (χ3v) is 7.16. The number of halogens is 3. The Morgan fingerprint density at radius 2 is 1.57 bits per heavy atom. The molecule has 14 heteroatoms. The van der Waals surface area contributed by atoms with Gasteiger partial charge < -0.3 is 20.3 Å². The van der Waals surface area contributed by atoms with Crippen LogP contribution in [0.2, 0.25) is 0 Å². The quantitative estimate of drug-likeness (QED) is 0.248. The summed E-state index contributed by atoms with van der Waals surface area (Å²) in [5.74, 6) is -2.42. The van der Waals surface area contributed by atoms with Gasteiger partial charge in [-0.1, -0.05) is 24.3 Å². The van der Waals surface area contributed by atoms with Crippen molar-refractivity contribution in [3.05, 3.63) is 90.0 Å². The summed E-state index contributed by atoms with van der Waals surface area (Å²) >= 11 is 0. The number of rotatable bonds is 10. The van der Waals surface area contributed by atoms with E-state index in [0.717, 1.165) is 11.8 Å². The van der Waals surface area contributed by atoms with Crippen LogP contribution in [0.1, 0.15) is 15.9 Å². The first-order valence-electron chi connectivity index (χ1n) is 12.2. The SMILES string of the molecule is CS(=O)(=O)c1ccc(-c2cc(-c3ccc(OC(F)(F)F)cc3)nn2Cc2ccc(C(=O)NCC(O)C(=O)O)cc2)cc1. The number of aromatic nitrogens is 2. The zero-order valence-electron chi connectivity index (χ0n) is 21.9. The van der Waals surface area contributed by atoms with E-state index in [2.05, 4.69) is 15.2 Å². The van der Waals surface area contributed by atoms with Crippen molar-refractivity contribution in [1.29, 1.82) is 0 Å². The van der Waals surface area contributed by atoms with E-state index in [4.69, 9.17) is 5.11 Å². The Hall–Kier alpha value is -4.69. The molecule has 0 spiro atoms. The lowest BCUT2D eigenvalue weighted by molar-refractivity contribution is -0.274. The van der Waals surface area contributed by atoms with E-state index in [1.165, 1.54) is 48.5 Å². The zero-order chi connectivity index (χ0) is 30.7. The Morgan fingerprint density at radius 1 is 0.976 bits per heavy atom. The lowest BCUT2D eigenvalue weighted by atomic mass is 10.1. The number of amides is 1. The van der Waals surface area contributed by atoms with Gasteiger partial charge >= 0.3 is 12.3 Å². The highest BCUT2D eigenvalue weighted by atomic mass is 32.2. The maximum atomic E-state index is 12.6. The average Bonchev–Trinajstić information content (AvgIpc) is 3.34. The van der Waals surface area contributed by atoms with Gasteiger partial charge in [0.15, 0.2) is 15.9 Å². The van der Waals surface area contributed by atoms with E-state index in [1.54, 1.807) is 35.0 Å². The van der Waals surface area contributed by atoms with Crippen molar-refractivity contribution < 1.29 is 46.1 Å². The molecule has 1 aromatic heterocycles. The van der Waals surface area contributed by atoms with Crippen molar-refractivity contribution in [2.24, 2.45) is 0 Å². The molecule has 3 N–H and O–H groups in total. The molecule has 0 aliphatic heterocycles. The number of aliphatic carboxylic acids is 1. The van der Waals surface area contributed by atoms with Gasteiger partial charge in [-0.05, 0) is 65.7 Å². The fraction of sp³-hybridized carbons (Fsp3) is 0.179. The number of nitrogens with zero attached hydrogens (tertiary/aromatic N) is 2. The van der Waals surface area contributed by atoms with Gasteiger partial charge in [0.05, 0.1) is 29.4 Å². The van der Waals surface area contributed by atoms with E-state index in [1.807, 2.05) is 0 Å². The van der Waals surface area contributed by atoms with Crippen molar-refractivity contribution in [2.75, 3.05) is 12.8 Å². The number of aliphatic hydroxyl groups is 1. The number of carboxylic acids is 1. The molecule has 3 aromatic carbocycles. The van der Waals surface area contributed by atoms with Gasteiger partial charge in [-0.3, -0.25) is 9.48 Å². The molecule has 1 atom stereocenters. The minimum Gasteiger partial charge on any atom is -0.479 e. The van der Waals surface area contributed by atoms with Crippen LogP contribution < -0.4 is 10.1 Å². The molecule has 0 aliphatic rings. The molecule has 0 bridgehead atoms. The molecule has 1 heterocycles. The van der Waals surface area contributed by atoms with Gasteiger partial charge in [0.25, 0.3) is 5.91 Å². The van der Waals surface area contributed by atoms with Gasteiger partial charge in [0.1, 0.15) is 5.75 Å². The molecular weight excluding hydrogens is 579 g/mol. The maximum Gasteiger partial charge on any atom is 0.573 e. The Labute approximate surface area is 237 Å². The van der Waals surface area contributed by atoms with Crippen molar-refractivity contribution >= 4 is 21.7 Å². The fourth-order valence-corrected chi connectivity index (χ4v) is 4.55. The molecule has 4 aromatic rings. The van der Waals surface area contributed by atoms with Crippen molar-refractivity contribution in [2.45, 2.75) is 23.9 Å². The number of aliphatic hydroxyl groups excluding tert-OH is 1. The first kappa shape index (κ1) is 30.3. The molecule has 1 unspecified atom stereocenters. The molecule has 42 heavy (non-hydrogen) atoms. The lowest BCUT2D eigenvalue weighted by Gasteiger charge is -2.10. The van der Waals surface area contributed by atoms with Crippen LogP contribution in [0, 0.1) is 0 Å². The first-order valence-corrected chi connectivity index (χ1v) is 14.1. The summed E-state index contributed by atoms with van der Waals surface area (Å²) in [6.07, 6.45) is -5.47. The smallest absolute Gasteiger partial charge is 0.479 e. The highest BCUT2D eigenvalue weighted by Crippen LogP contribution is 2.30. The monoisotopic (exact) mass is 603 g/mol. The molecule has 4 rings (SSSR count). The van der Waals surface area contributed by atoms with Crippen molar-refractivity contribution in [1.82, 2.24) is 15.1 Å². The topological polar surface area (TPSA) is 148 Å². The van der Waals surface area contributed by atoms with Crippen LogP contribution in [0.3, 0.4) is 0 Å². The molecule has 0 saturated carbocycles. The summed E-state index contributed by atoms with van der Waals surface area (Å²) in [5, 5.41) is 25.0. The number of carbonyl (C=O) groups is 2. The summed E-state index contributed by atoms with van der Waals surface area (Å²) in [7, 11) is -3.43. The summed E-state index contributed by atoms with van der Waals surface area (Å²) in [5.41, 5.74) is 3.11. The molecule has 1 amide bonds. The van der Waals surface area contributed by atoms with Crippen LogP contribution in [0.15, 0.2) is 83.8 Å². The summed E-state index contributed by atoms with van der Waals surface area (Å²) in [4.78, 5) is 23.2. The molecule has 0 radical (unpaired) electrons. The Balaban J connectivity index is 1.62. The fourth-order valence-electron chi connectivity index (χ4n) is 3.92. The zero-order valence-corrected chi connectivity index (χ0v) is 22.7. The third kappa shape index (κ3) is 7.73. The van der Waals surface area contributed by atoms with E-state index < -0.39 is 40.7 Å². The van der Waals surface area contributed by atoms with Crippen LogP contribution >= 0.6 is 0 Å². The van der Waals surface area contributed by atoms with Gasteiger partial charge in [-0.25, -0.2) is 13.2 Å². The van der Waals surface area contributed by atoms with Crippen LogP contribution in [0.25, 0.3) is 22.5 Å². The molecular formula is C28H24F3N3O7S. The first-order chi connectivity index (χ1) is 19.7. The number of ether oxygens (including phenoxy) is 1. The number of nitrogens with one attached hydrogen (secondary N) is 1. The Morgan fingerprint density at radius 3 is 2.12 bits per heavy atom. The largest absolute Gasteiger partial charge is 0.573 e. The number of hydrogen-bond donors (Lipinski definition) is 3. The number of sulfone groups is 1. The maximum absolute atomic E-state index is 12.6. The summed E-state index contributed by atoms with van der Waals surface area (Å²) < 4.78 is 67.0. The molecule has 0 aliphatic carbocycles. The summed E-state index contributed by atoms with van der Waals surface area (Å²) in [6, 6.07) is 19.4. The second-order valence-electron chi connectivity index (χ2n) is 9.20. The number of carboxylic acid groups (broad SMARTS) is 1. The molecule has 0 saturated heterocycles. The molecule has 220 valence electrons. The van der Waals surface area contributed by atoms with E-state index in [9.17, 15) is 36.3 Å². The number of carbonyl (C=O) groups excluding carboxylic acids is 1. The van der Waals surface area contributed by atoms with E-state index in [0.29, 0.717) is 22.5 Å². The third-order valence-electron chi connectivity index (χ3n) is 6.03. The van der Waals surface area contributed by atoms with Crippen LogP contribution in [0.5, 0.6) is 5.75 Å². The highest BCUT2D eigenvalue weighted by Gasteiger charge is 2.31. The van der Waals surface area contributed by atoms with Gasteiger partial charge in [-0.2, -0.15) is 5.10 Å². The van der Waals surface area contributed by atoms with E-state index in [-0.39, 0.29) is 22.8 Å². The standard InChI is InChI=1S/C28H24F3N3O7S/c1-42(39,40)22-12-8-19(9-13-22)24-14-23(18-6-10-21(11-7-18)41-28(29,30)31)33-34(24)16-17-2-4-20(5-3-17)26(36)32-15-25(35)27(37)38/h2-14,25,35H,15-16H2,1H3,(H,32,36)(H,37,38). The Kier molecular flexibility index (Phi) is 8.68. The van der Waals surface area contributed by atoms with Crippen molar-refractivity contribution in [3.8, 4) is 28.3 Å². The van der Waals surface area contributed by atoms with Gasteiger partial charge in [0.2, 0.25) is 0 Å². The second-order valence-corrected chi connectivity index (χ2v) is 11.2. The minimum atomic E-state index is -4.83. The predicted molar refractivity (Wildman–Crippen MR) is 144 cm³/mol. The predicted octanol–water partition coefficient (Wildman–Crippen LogP) is 3.74. The van der Waals surface area contributed by atoms with Crippen molar-refractivity contribution in [3.63, 3.8) is 0 Å². The normalized spacial score (nSPS) is 12.5.